The number of hydrogen-bond acceptors (Lipinski definition) is 6. The summed E-state index contributed by atoms with van der Waals surface area (Å²) >= 11 is 0. The Balaban J connectivity index is 1.63. The lowest BCUT2D eigenvalue weighted by Gasteiger charge is -2.17. The van der Waals surface area contributed by atoms with Gasteiger partial charge in [-0.05, 0) is 43.2 Å². The standard InChI is InChI=1S/C23H25N5O7/c1-24-23(34)28-10-8-14-11-16(5-6-18(14)28)35-17-7-9-25-19(13-17)27-22(33)26-15(12-21(31)32)3-2-4-20(29)30/h5-11,13,15H,2-4,12H2,1H3,(H,24,34)(H,29,30)(H,31,32)(H2,25,26,27,33)/t15-/m0/s1. The van der Waals surface area contributed by atoms with E-state index >= 15 is 0 Å². The third kappa shape index (κ3) is 7.19. The minimum Gasteiger partial charge on any atom is -0.481 e. The number of carbonyl (C=O) groups excluding carboxylic acids is 2. The highest BCUT2D eigenvalue weighted by molar-refractivity contribution is 5.92. The van der Waals surface area contributed by atoms with Crippen LogP contribution in [0.3, 0.4) is 0 Å². The Morgan fingerprint density at radius 1 is 1.06 bits per heavy atom. The normalized spacial score (nSPS) is 11.5. The van der Waals surface area contributed by atoms with Gasteiger partial charge in [0.1, 0.15) is 17.3 Å². The number of fused-ring (bicyclic) bond motifs is 1. The van der Waals surface area contributed by atoms with E-state index in [9.17, 15) is 19.2 Å². The van der Waals surface area contributed by atoms with Crippen molar-refractivity contribution in [3.63, 3.8) is 0 Å². The molecule has 12 nitrogen and oxygen atoms in total. The largest absolute Gasteiger partial charge is 0.481 e. The summed E-state index contributed by atoms with van der Waals surface area (Å²) in [4.78, 5) is 50.1. The van der Waals surface area contributed by atoms with Gasteiger partial charge in [0, 0.05) is 43.4 Å². The maximum atomic E-state index is 12.4. The molecule has 0 aliphatic carbocycles. The molecule has 184 valence electrons. The maximum absolute atomic E-state index is 12.4. The van der Waals surface area contributed by atoms with Crippen molar-refractivity contribution in [2.24, 2.45) is 0 Å². The average Bonchev–Trinajstić information content (AvgIpc) is 3.21. The monoisotopic (exact) mass is 483 g/mol. The van der Waals surface area contributed by atoms with Crippen molar-refractivity contribution in [1.82, 2.24) is 20.2 Å². The number of aromatic nitrogens is 2. The molecule has 0 aliphatic rings. The van der Waals surface area contributed by atoms with Crippen LogP contribution in [0.15, 0.2) is 48.8 Å². The number of urea groups is 1. The lowest BCUT2D eigenvalue weighted by molar-refractivity contribution is -0.137. The van der Waals surface area contributed by atoms with Crippen LogP contribution in [0.4, 0.5) is 15.4 Å². The Morgan fingerprint density at radius 2 is 1.83 bits per heavy atom. The number of anilines is 1. The second-order valence-electron chi connectivity index (χ2n) is 7.62. The van der Waals surface area contributed by atoms with Crippen LogP contribution in [0.2, 0.25) is 0 Å². The number of hydrogen-bond donors (Lipinski definition) is 5. The molecule has 0 aliphatic heterocycles. The van der Waals surface area contributed by atoms with Gasteiger partial charge in [-0.3, -0.25) is 19.5 Å². The van der Waals surface area contributed by atoms with E-state index in [4.69, 9.17) is 14.9 Å². The van der Waals surface area contributed by atoms with Gasteiger partial charge in [-0.1, -0.05) is 0 Å². The van der Waals surface area contributed by atoms with Crippen molar-refractivity contribution in [1.29, 1.82) is 0 Å². The summed E-state index contributed by atoms with van der Waals surface area (Å²) in [5, 5.41) is 26.2. The van der Waals surface area contributed by atoms with E-state index in [1.54, 1.807) is 43.6 Å². The Morgan fingerprint density at radius 3 is 2.54 bits per heavy atom. The van der Waals surface area contributed by atoms with Crippen LogP contribution < -0.4 is 20.7 Å². The summed E-state index contributed by atoms with van der Waals surface area (Å²) in [7, 11) is 1.55. The third-order valence-electron chi connectivity index (χ3n) is 5.00. The van der Waals surface area contributed by atoms with Crippen LogP contribution in [-0.4, -0.2) is 56.9 Å². The second-order valence-corrected chi connectivity index (χ2v) is 7.62. The second kappa shape index (κ2) is 11.5. The molecule has 0 unspecified atom stereocenters. The SMILES string of the molecule is CNC(=O)n1ccc2cc(Oc3ccnc(NC(=O)N[C@@H](CCCC(=O)O)CC(=O)O)c3)ccc21. The van der Waals surface area contributed by atoms with Crippen LogP contribution in [0, 0.1) is 0 Å². The molecule has 5 N–H and O–H groups in total. The molecule has 0 saturated carbocycles. The highest BCUT2D eigenvalue weighted by Crippen LogP contribution is 2.27. The number of carboxylic acid groups (broad SMARTS) is 2. The van der Waals surface area contributed by atoms with E-state index in [0.29, 0.717) is 17.0 Å². The van der Waals surface area contributed by atoms with Gasteiger partial charge in [-0.15, -0.1) is 0 Å². The molecule has 0 fully saturated rings. The number of aliphatic carboxylic acids is 2. The minimum absolute atomic E-state index is 0.122. The topological polar surface area (TPSA) is 172 Å². The van der Waals surface area contributed by atoms with E-state index in [-0.39, 0.29) is 37.5 Å². The number of carboxylic acids is 2. The van der Waals surface area contributed by atoms with Gasteiger partial charge in [0.05, 0.1) is 11.9 Å². The highest BCUT2D eigenvalue weighted by Gasteiger charge is 2.17. The number of benzene rings is 1. The first-order valence-corrected chi connectivity index (χ1v) is 10.7. The first-order valence-electron chi connectivity index (χ1n) is 10.7. The molecular weight excluding hydrogens is 458 g/mol. The molecule has 2 heterocycles. The molecule has 35 heavy (non-hydrogen) atoms. The van der Waals surface area contributed by atoms with Crippen LogP contribution in [0.5, 0.6) is 11.5 Å². The smallest absolute Gasteiger partial charge is 0.325 e. The molecule has 12 heteroatoms. The zero-order chi connectivity index (χ0) is 25.4. The summed E-state index contributed by atoms with van der Waals surface area (Å²) in [6, 6.07) is 8.43. The van der Waals surface area contributed by atoms with E-state index in [1.807, 2.05) is 0 Å². The van der Waals surface area contributed by atoms with Crippen molar-refractivity contribution in [3.05, 3.63) is 48.8 Å². The van der Waals surface area contributed by atoms with Crippen molar-refractivity contribution in [2.75, 3.05) is 12.4 Å². The molecule has 0 saturated heterocycles. The van der Waals surface area contributed by atoms with Crippen LogP contribution in [-0.2, 0) is 9.59 Å². The molecule has 1 atom stereocenters. The molecular formula is C23H25N5O7. The minimum atomic E-state index is -1.11. The van der Waals surface area contributed by atoms with Gasteiger partial charge >= 0.3 is 24.0 Å². The highest BCUT2D eigenvalue weighted by atomic mass is 16.5. The summed E-state index contributed by atoms with van der Waals surface area (Å²) in [5.74, 6) is -1.03. The maximum Gasteiger partial charge on any atom is 0.325 e. The summed E-state index contributed by atoms with van der Waals surface area (Å²) in [6.07, 6.45) is 3.06. The molecule has 1 aromatic carbocycles. The number of nitrogens with one attached hydrogen (secondary N) is 3. The number of carbonyl (C=O) groups is 4. The van der Waals surface area contributed by atoms with Gasteiger partial charge < -0.3 is 25.6 Å². The number of ether oxygens (including phenoxy) is 1. The van der Waals surface area contributed by atoms with Crippen molar-refractivity contribution >= 4 is 40.7 Å². The third-order valence-corrected chi connectivity index (χ3v) is 5.00. The predicted octanol–water partition coefficient (Wildman–Crippen LogP) is 3.24. The molecule has 3 aromatic rings. The van der Waals surface area contributed by atoms with Crippen molar-refractivity contribution < 1.29 is 34.1 Å². The summed E-state index contributed by atoms with van der Waals surface area (Å²) in [5.41, 5.74) is 0.713. The van der Waals surface area contributed by atoms with Crippen LogP contribution in [0.1, 0.15) is 25.7 Å². The fourth-order valence-corrected chi connectivity index (χ4v) is 3.43. The van der Waals surface area contributed by atoms with Crippen LogP contribution >= 0.6 is 0 Å². The molecule has 0 radical (unpaired) electrons. The quantitative estimate of drug-likeness (QED) is 0.292. The number of pyridine rings is 1. The predicted molar refractivity (Wildman–Crippen MR) is 126 cm³/mol. The zero-order valence-corrected chi connectivity index (χ0v) is 18.9. The zero-order valence-electron chi connectivity index (χ0n) is 18.9. The summed E-state index contributed by atoms with van der Waals surface area (Å²) < 4.78 is 7.34. The Bertz CT molecular complexity index is 1240. The lowest BCUT2D eigenvalue weighted by Crippen LogP contribution is -2.39. The fourth-order valence-electron chi connectivity index (χ4n) is 3.43. The molecule has 3 rings (SSSR count). The number of amides is 3. The van der Waals surface area contributed by atoms with Gasteiger partial charge in [-0.2, -0.15) is 0 Å². The van der Waals surface area contributed by atoms with E-state index < -0.39 is 24.0 Å². The first kappa shape index (κ1) is 25.0. The number of nitrogens with zero attached hydrogens (tertiary/aromatic N) is 2. The van der Waals surface area contributed by atoms with E-state index in [1.165, 1.54) is 16.8 Å². The van der Waals surface area contributed by atoms with E-state index in [2.05, 4.69) is 20.9 Å². The van der Waals surface area contributed by atoms with Gasteiger partial charge in [0.25, 0.3) is 0 Å². The Labute approximate surface area is 199 Å². The van der Waals surface area contributed by atoms with E-state index in [0.717, 1.165) is 5.39 Å². The molecule has 3 amide bonds. The fraction of sp³-hybridized carbons (Fsp3) is 0.261. The Hall–Kier alpha value is -4.61. The number of rotatable bonds is 10. The summed E-state index contributed by atoms with van der Waals surface area (Å²) in [6.45, 7) is 0. The average molecular weight is 483 g/mol. The van der Waals surface area contributed by atoms with Crippen LogP contribution in [0.25, 0.3) is 10.9 Å². The lowest BCUT2D eigenvalue weighted by atomic mass is 10.1. The van der Waals surface area contributed by atoms with Crippen molar-refractivity contribution in [2.45, 2.75) is 31.7 Å². The van der Waals surface area contributed by atoms with Gasteiger partial charge in [0.15, 0.2) is 0 Å². The molecule has 0 spiro atoms. The first-order chi connectivity index (χ1) is 16.7. The van der Waals surface area contributed by atoms with Gasteiger partial charge in [0.2, 0.25) is 0 Å². The Kier molecular flexibility index (Phi) is 8.22. The van der Waals surface area contributed by atoms with Gasteiger partial charge in [-0.25, -0.2) is 14.6 Å². The molecule has 0 bridgehead atoms. The van der Waals surface area contributed by atoms with Crippen molar-refractivity contribution in [3.8, 4) is 11.5 Å². The molecule has 2 aromatic heterocycles.